The largest absolute Gasteiger partial charge is 0.394 e. The minimum atomic E-state index is -0.0574. The molecule has 1 amide bonds. The Bertz CT molecular complexity index is 424. The second kappa shape index (κ2) is 8.02. The van der Waals surface area contributed by atoms with Gasteiger partial charge in [0.2, 0.25) is 0 Å². The normalized spacial score (nSPS) is 11.4. The predicted octanol–water partition coefficient (Wildman–Crippen LogP) is 2.11. The van der Waals surface area contributed by atoms with Crippen LogP contribution in [-0.4, -0.2) is 37.4 Å². The van der Waals surface area contributed by atoms with Crippen LogP contribution in [0.4, 0.5) is 0 Å². The highest BCUT2D eigenvalue weighted by atomic mass is 16.5. The smallest absolute Gasteiger partial charge is 0.251 e. The summed E-state index contributed by atoms with van der Waals surface area (Å²) in [6.45, 7) is 7.79. The number of ether oxygens (including phenoxy) is 1. The van der Waals surface area contributed by atoms with E-state index in [1.54, 1.807) is 0 Å². The van der Waals surface area contributed by atoms with Crippen molar-refractivity contribution in [3.05, 3.63) is 35.4 Å². The number of rotatable bonds is 7. The highest BCUT2D eigenvalue weighted by Gasteiger charge is 2.20. The average molecular weight is 279 g/mol. The molecule has 0 spiro atoms. The molecule has 0 atom stereocenters. The summed E-state index contributed by atoms with van der Waals surface area (Å²) in [4.78, 5) is 12.2. The van der Waals surface area contributed by atoms with Gasteiger partial charge in [0, 0.05) is 18.7 Å². The van der Waals surface area contributed by atoms with Crippen molar-refractivity contribution in [2.24, 2.45) is 0 Å². The summed E-state index contributed by atoms with van der Waals surface area (Å²) in [6, 6.07) is 7.70. The molecular weight excluding hydrogens is 254 g/mol. The molecule has 0 bridgehead atoms. The lowest BCUT2D eigenvalue weighted by Crippen LogP contribution is -2.28. The second-order valence-corrected chi connectivity index (χ2v) is 5.74. The van der Waals surface area contributed by atoms with Crippen molar-refractivity contribution >= 4 is 5.91 Å². The zero-order valence-corrected chi connectivity index (χ0v) is 12.6. The number of carbonyl (C=O) groups excluding carboxylic acids is 1. The number of hydrogen-bond acceptors (Lipinski definition) is 3. The summed E-state index contributed by atoms with van der Waals surface area (Å²) in [7, 11) is 0. The molecule has 0 aliphatic carbocycles. The van der Waals surface area contributed by atoms with E-state index in [9.17, 15) is 4.79 Å². The molecular formula is C16H25NO3. The van der Waals surface area contributed by atoms with Crippen molar-refractivity contribution in [1.29, 1.82) is 0 Å². The van der Waals surface area contributed by atoms with Crippen LogP contribution in [-0.2, 0) is 10.2 Å². The van der Waals surface area contributed by atoms with Crippen LogP contribution in [0.3, 0.4) is 0 Å². The molecule has 4 heteroatoms. The Morgan fingerprint density at radius 1 is 1.25 bits per heavy atom. The summed E-state index contributed by atoms with van der Waals surface area (Å²) in [5.74, 6) is -0.0438. The molecule has 0 aliphatic heterocycles. The monoisotopic (exact) mass is 279 g/mol. The number of carbonyl (C=O) groups is 1. The molecule has 112 valence electrons. The van der Waals surface area contributed by atoms with Crippen LogP contribution in [0.5, 0.6) is 0 Å². The molecule has 1 rings (SSSR count). The molecule has 1 aromatic carbocycles. The van der Waals surface area contributed by atoms with Crippen molar-refractivity contribution < 1.29 is 14.6 Å². The van der Waals surface area contributed by atoms with Gasteiger partial charge in [0.15, 0.2) is 0 Å². The first-order chi connectivity index (χ1) is 9.46. The summed E-state index contributed by atoms with van der Waals surface area (Å²) in [6.07, 6.45) is 0.740. The van der Waals surface area contributed by atoms with Crippen molar-refractivity contribution in [1.82, 2.24) is 5.32 Å². The number of benzene rings is 1. The molecule has 0 unspecified atom stereocenters. The fourth-order valence-corrected chi connectivity index (χ4v) is 1.97. The number of hydrogen-bond donors (Lipinski definition) is 2. The van der Waals surface area contributed by atoms with E-state index < -0.39 is 0 Å². The highest BCUT2D eigenvalue weighted by Crippen LogP contribution is 2.25. The van der Waals surface area contributed by atoms with Crippen LogP contribution in [0.15, 0.2) is 24.3 Å². The minimum absolute atomic E-state index is 0.0331. The van der Waals surface area contributed by atoms with E-state index in [4.69, 9.17) is 9.84 Å². The van der Waals surface area contributed by atoms with E-state index >= 15 is 0 Å². The lowest BCUT2D eigenvalue weighted by molar-refractivity contribution is 0.0867. The molecule has 0 aromatic heterocycles. The van der Waals surface area contributed by atoms with E-state index in [0.29, 0.717) is 19.8 Å². The van der Waals surface area contributed by atoms with Crippen molar-refractivity contribution in [2.75, 3.05) is 26.4 Å². The maximum Gasteiger partial charge on any atom is 0.251 e. The molecule has 0 fully saturated rings. The number of amides is 1. The third-order valence-electron chi connectivity index (χ3n) is 2.97. The molecule has 0 aliphatic rings. The zero-order chi connectivity index (χ0) is 15.0. The molecule has 1 aromatic rings. The van der Waals surface area contributed by atoms with E-state index in [0.717, 1.165) is 17.5 Å². The van der Waals surface area contributed by atoms with Gasteiger partial charge < -0.3 is 15.2 Å². The first-order valence-corrected chi connectivity index (χ1v) is 7.03. The third kappa shape index (κ3) is 5.31. The van der Waals surface area contributed by atoms with Crippen LogP contribution in [0.1, 0.15) is 43.1 Å². The average Bonchev–Trinajstić information content (AvgIpc) is 2.41. The van der Waals surface area contributed by atoms with E-state index in [1.165, 1.54) is 0 Å². The fourth-order valence-electron chi connectivity index (χ4n) is 1.97. The summed E-state index contributed by atoms with van der Waals surface area (Å²) < 4.78 is 5.15. The molecule has 2 N–H and O–H groups in total. The van der Waals surface area contributed by atoms with E-state index in [1.807, 2.05) is 24.3 Å². The first kappa shape index (κ1) is 16.7. The summed E-state index contributed by atoms with van der Waals surface area (Å²) >= 11 is 0. The van der Waals surface area contributed by atoms with Crippen molar-refractivity contribution in [3.63, 3.8) is 0 Å². The first-order valence-electron chi connectivity index (χ1n) is 7.03. The van der Waals surface area contributed by atoms with Crippen LogP contribution >= 0.6 is 0 Å². The maximum absolute atomic E-state index is 12.2. The number of nitrogens with one attached hydrogen (secondary N) is 1. The van der Waals surface area contributed by atoms with Gasteiger partial charge in [-0.2, -0.15) is 0 Å². The van der Waals surface area contributed by atoms with Crippen LogP contribution in [0, 0.1) is 0 Å². The van der Waals surface area contributed by atoms with E-state index in [2.05, 4.69) is 26.1 Å². The highest BCUT2D eigenvalue weighted by molar-refractivity contribution is 5.96. The standard InChI is InChI=1S/C16H25NO3/c1-16(2,3)14-8-5-4-7-13(14)15(19)17-9-6-11-20-12-10-18/h4-5,7-8,18H,6,9-12H2,1-3H3,(H,17,19). The van der Waals surface area contributed by atoms with Gasteiger partial charge in [-0.05, 0) is 23.5 Å². The van der Waals surface area contributed by atoms with E-state index in [-0.39, 0.29) is 17.9 Å². The van der Waals surface area contributed by atoms with Gasteiger partial charge in [-0.3, -0.25) is 4.79 Å². The molecule has 0 saturated heterocycles. The molecule has 20 heavy (non-hydrogen) atoms. The fraction of sp³-hybridized carbons (Fsp3) is 0.562. The van der Waals surface area contributed by atoms with Gasteiger partial charge in [0.1, 0.15) is 0 Å². The zero-order valence-electron chi connectivity index (χ0n) is 12.6. The van der Waals surface area contributed by atoms with Crippen LogP contribution < -0.4 is 5.32 Å². The Morgan fingerprint density at radius 3 is 2.60 bits per heavy atom. The van der Waals surface area contributed by atoms with Crippen LogP contribution in [0.2, 0.25) is 0 Å². The Balaban J connectivity index is 2.52. The predicted molar refractivity (Wildman–Crippen MR) is 80.0 cm³/mol. The van der Waals surface area contributed by atoms with Gasteiger partial charge in [-0.25, -0.2) is 0 Å². The molecule has 0 radical (unpaired) electrons. The third-order valence-corrected chi connectivity index (χ3v) is 2.97. The Morgan fingerprint density at radius 2 is 1.95 bits per heavy atom. The quantitative estimate of drug-likeness (QED) is 0.752. The number of aliphatic hydroxyl groups is 1. The van der Waals surface area contributed by atoms with Gasteiger partial charge in [0.05, 0.1) is 13.2 Å². The summed E-state index contributed by atoms with van der Waals surface area (Å²) in [5.41, 5.74) is 1.73. The summed E-state index contributed by atoms with van der Waals surface area (Å²) in [5, 5.41) is 11.5. The van der Waals surface area contributed by atoms with Gasteiger partial charge in [0.25, 0.3) is 5.91 Å². The number of aliphatic hydroxyl groups excluding tert-OH is 1. The minimum Gasteiger partial charge on any atom is -0.394 e. The Hall–Kier alpha value is -1.39. The lowest BCUT2D eigenvalue weighted by Gasteiger charge is -2.22. The van der Waals surface area contributed by atoms with Crippen LogP contribution in [0.25, 0.3) is 0 Å². The van der Waals surface area contributed by atoms with Crippen molar-refractivity contribution in [2.45, 2.75) is 32.6 Å². The van der Waals surface area contributed by atoms with Gasteiger partial charge in [-0.15, -0.1) is 0 Å². The lowest BCUT2D eigenvalue weighted by atomic mass is 9.83. The topological polar surface area (TPSA) is 58.6 Å². The Labute approximate surface area is 121 Å². The van der Waals surface area contributed by atoms with Gasteiger partial charge in [-0.1, -0.05) is 39.0 Å². The SMILES string of the molecule is CC(C)(C)c1ccccc1C(=O)NCCCOCCO. The molecule has 4 nitrogen and oxygen atoms in total. The maximum atomic E-state index is 12.2. The second-order valence-electron chi connectivity index (χ2n) is 5.74. The Kier molecular flexibility index (Phi) is 6.68. The van der Waals surface area contributed by atoms with Crippen molar-refractivity contribution in [3.8, 4) is 0 Å². The molecule has 0 heterocycles. The van der Waals surface area contributed by atoms with Gasteiger partial charge >= 0.3 is 0 Å². The molecule has 0 saturated carbocycles.